The third-order valence-electron chi connectivity index (χ3n) is 2.38. The zero-order chi connectivity index (χ0) is 14.7. The Labute approximate surface area is 111 Å². The maximum atomic E-state index is 12.0. The van der Waals surface area contributed by atoms with Crippen LogP contribution in [0.1, 0.15) is 10.4 Å². The lowest BCUT2D eigenvalue weighted by Crippen LogP contribution is -2.17. The molecule has 0 unspecified atom stereocenters. The van der Waals surface area contributed by atoms with E-state index >= 15 is 0 Å². The third kappa shape index (κ3) is 2.77. The molecule has 0 atom stereocenters. The number of carbonyl (C=O) groups is 1. The van der Waals surface area contributed by atoms with E-state index in [0.29, 0.717) is 0 Å². The van der Waals surface area contributed by atoms with Crippen molar-refractivity contribution < 1.29 is 9.72 Å². The van der Waals surface area contributed by atoms with Crippen LogP contribution in [0.5, 0.6) is 0 Å². The maximum absolute atomic E-state index is 12.0. The molecule has 0 saturated carbocycles. The summed E-state index contributed by atoms with van der Waals surface area (Å²) in [6.45, 7) is 0. The second-order valence-electron chi connectivity index (χ2n) is 3.79. The fourth-order valence-electron chi connectivity index (χ4n) is 1.49. The SMILES string of the molecule is Nc1ccc([N+](=O)[O-])c(C(=O)Nc2ccc(=O)[nH]n2)c1. The molecule has 0 fully saturated rings. The topological polar surface area (TPSA) is 144 Å². The molecule has 0 spiro atoms. The average Bonchev–Trinajstić information content (AvgIpc) is 2.41. The molecule has 0 bridgehead atoms. The summed E-state index contributed by atoms with van der Waals surface area (Å²) in [4.78, 5) is 33.0. The van der Waals surface area contributed by atoms with Crippen molar-refractivity contribution in [3.63, 3.8) is 0 Å². The molecule has 102 valence electrons. The molecule has 0 aliphatic heterocycles. The summed E-state index contributed by atoms with van der Waals surface area (Å²) >= 11 is 0. The van der Waals surface area contributed by atoms with Crippen LogP contribution in [0, 0.1) is 10.1 Å². The van der Waals surface area contributed by atoms with Crippen molar-refractivity contribution in [2.24, 2.45) is 0 Å². The van der Waals surface area contributed by atoms with Gasteiger partial charge in [0.15, 0.2) is 5.82 Å². The summed E-state index contributed by atoms with van der Waals surface area (Å²) in [5.41, 5.74) is 4.73. The first-order chi connectivity index (χ1) is 9.47. The molecule has 4 N–H and O–H groups in total. The second-order valence-corrected chi connectivity index (χ2v) is 3.79. The number of amides is 1. The number of rotatable bonds is 3. The van der Waals surface area contributed by atoms with Crippen molar-refractivity contribution in [3.8, 4) is 0 Å². The fourth-order valence-corrected chi connectivity index (χ4v) is 1.49. The number of hydrogen-bond acceptors (Lipinski definition) is 6. The summed E-state index contributed by atoms with van der Waals surface area (Å²) in [5.74, 6) is -0.685. The van der Waals surface area contributed by atoms with Crippen molar-refractivity contribution in [3.05, 3.63) is 56.4 Å². The number of nitrogens with two attached hydrogens (primary N) is 1. The maximum Gasteiger partial charge on any atom is 0.282 e. The molecule has 0 aliphatic carbocycles. The highest BCUT2D eigenvalue weighted by Gasteiger charge is 2.20. The summed E-state index contributed by atoms with van der Waals surface area (Å²) in [7, 11) is 0. The smallest absolute Gasteiger partial charge is 0.282 e. The molecule has 9 nitrogen and oxygen atoms in total. The van der Waals surface area contributed by atoms with E-state index < -0.39 is 16.4 Å². The number of hydrogen-bond donors (Lipinski definition) is 3. The summed E-state index contributed by atoms with van der Waals surface area (Å²) in [6, 6.07) is 6.10. The van der Waals surface area contributed by atoms with E-state index in [4.69, 9.17) is 5.73 Å². The predicted octanol–water partition coefficient (Wildman–Crippen LogP) is 0.513. The lowest BCUT2D eigenvalue weighted by atomic mass is 10.1. The Kier molecular flexibility index (Phi) is 3.42. The largest absolute Gasteiger partial charge is 0.399 e. The first-order valence-electron chi connectivity index (χ1n) is 5.38. The number of nitro groups is 1. The monoisotopic (exact) mass is 275 g/mol. The number of nitrogens with zero attached hydrogens (tertiary/aromatic N) is 2. The standard InChI is InChI=1S/C11H9N5O4/c12-6-1-2-8(16(19)20)7(5-6)11(18)13-9-3-4-10(17)15-14-9/h1-5H,12H2,(H,15,17)(H,13,14,18). The summed E-state index contributed by atoms with van der Waals surface area (Å²) in [5, 5.41) is 18.9. The number of anilines is 2. The Balaban J connectivity index is 2.33. The number of aromatic nitrogens is 2. The van der Waals surface area contributed by atoms with Gasteiger partial charge in [-0.25, -0.2) is 5.10 Å². The Morgan fingerprint density at radius 1 is 1.35 bits per heavy atom. The highest BCUT2D eigenvalue weighted by Crippen LogP contribution is 2.21. The minimum Gasteiger partial charge on any atom is -0.399 e. The van der Waals surface area contributed by atoms with Crippen molar-refractivity contribution in [2.45, 2.75) is 0 Å². The molecule has 20 heavy (non-hydrogen) atoms. The van der Waals surface area contributed by atoms with Gasteiger partial charge in [0.25, 0.3) is 17.2 Å². The number of benzene rings is 1. The molecule has 0 saturated heterocycles. The van der Waals surface area contributed by atoms with E-state index in [2.05, 4.69) is 15.5 Å². The van der Waals surface area contributed by atoms with Gasteiger partial charge in [0, 0.05) is 17.8 Å². The van der Waals surface area contributed by atoms with Gasteiger partial charge in [-0.05, 0) is 18.2 Å². The van der Waals surface area contributed by atoms with Crippen molar-refractivity contribution in [1.29, 1.82) is 0 Å². The third-order valence-corrected chi connectivity index (χ3v) is 2.38. The number of nitrogens with one attached hydrogen (secondary N) is 2. The number of nitrogen functional groups attached to an aromatic ring is 1. The van der Waals surface area contributed by atoms with E-state index in [0.717, 1.165) is 12.1 Å². The molecule has 1 aromatic carbocycles. The van der Waals surface area contributed by atoms with E-state index in [1.807, 2.05) is 0 Å². The molecule has 1 aromatic heterocycles. The van der Waals surface area contributed by atoms with Crippen molar-refractivity contribution in [2.75, 3.05) is 11.1 Å². The van der Waals surface area contributed by atoms with Crippen LogP contribution < -0.4 is 16.6 Å². The van der Waals surface area contributed by atoms with Crippen LogP contribution >= 0.6 is 0 Å². The van der Waals surface area contributed by atoms with Gasteiger partial charge in [0.2, 0.25) is 0 Å². The number of nitro benzene ring substituents is 1. The van der Waals surface area contributed by atoms with Gasteiger partial charge < -0.3 is 11.1 Å². The first-order valence-corrected chi connectivity index (χ1v) is 5.38. The lowest BCUT2D eigenvalue weighted by Gasteiger charge is -2.05. The van der Waals surface area contributed by atoms with Gasteiger partial charge in [-0.1, -0.05) is 0 Å². The van der Waals surface area contributed by atoms with E-state index in [9.17, 15) is 19.7 Å². The molecular weight excluding hydrogens is 266 g/mol. The zero-order valence-electron chi connectivity index (χ0n) is 9.99. The van der Waals surface area contributed by atoms with Crippen LogP contribution in [0.25, 0.3) is 0 Å². The minimum atomic E-state index is -0.747. The highest BCUT2D eigenvalue weighted by atomic mass is 16.6. The number of carbonyl (C=O) groups excluding carboxylic acids is 1. The van der Waals surface area contributed by atoms with Gasteiger partial charge in [-0.3, -0.25) is 19.7 Å². The first kappa shape index (κ1) is 13.2. The van der Waals surface area contributed by atoms with Gasteiger partial charge in [-0.2, -0.15) is 5.10 Å². The van der Waals surface area contributed by atoms with E-state index in [1.165, 1.54) is 18.2 Å². The Bertz CT molecular complexity index is 719. The second kappa shape index (κ2) is 5.18. The molecule has 0 aliphatic rings. The molecule has 1 amide bonds. The van der Waals surface area contributed by atoms with E-state index in [1.54, 1.807) is 0 Å². The van der Waals surface area contributed by atoms with Gasteiger partial charge in [-0.15, -0.1) is 0 Å². The van der Waals surface area contributed by atoms with Gasteiger partial charge >= 0.3 is 0 Å². The molecule has 1 heterocycles. The van der Waals surface area contributed by atoms with Gasteiger partial charge in [0.05, 0.1) is 4.92 Å². The van der Waals surface area contributed by atoms with E-state index in [-0.39, 0.29) is 22.8 Å². The van der Waals surface area contributed by atoms with Crippen LogP contribution in [0.4, 0.5) is 17.2 Å². The summed E-state index contributed by atoms with van der Waals surface area (Å²) in [6.07, 6.45) is 0. The van der Waals surface area contributed by atoms with Crippen LogP contribution in [-0.4, -0.2) is 21.0 Å². The quantitative estimate of drug-likeness (QED) is 0.423. The predicted molar refractivity (Wildman–Crippen MR) is 70.3 cm³/mol. The molecule has 2 rings (SSSR count). The Morgan fingerprint density at radius 3 is 2.70 bits per heavy atom. The van der Waals surface area contributed by atoms with Crippen LogP contribution in [0.15, 0.2) is 35.1 Å². The highest BCUT2D eigenvalue weighted by molar-refractivity contribution is 6.07. The number of aromatic amines is 1. The van der Waals surface area contributed by atoms with Crippen LogP contribution in [0.3, 0.4) is 0 Å². The lowest BCUT2D eigenvalue weighted by molar-refractivity contribution is -0.385. The Morgan fingerprint density at radius 2 is 2.10 bits per heavy atom. The average molecular weight is 275 g/mol. The summed E-state index contributed by atoms with van der Waals surface area (Å²) < 4.78 is 0. The zero-order valence-corrected chi connectivity index (χ0v) is 9.99. The van der Waals surface area contributed by atoms with Gasteiger partial charge in [0.1, 0.15) is 5.56 Å². The van der Waals surface area contributed by atoms with Crippen LogP contribution in [0.2, 0.25) is 0 Å². The Hall–Kier alpha value is -3.23. The van der Waals surface area contributed by atoms with Crippen molar-refractivity contribution in [1.82, 2.24) is 10.2 Å². The van der Waals surface area contributed by atoms with Crippen molar-refractivity contribution >= 4 is 23.1 Å². The minimum absolute atomic E-state index is 0.0614. The molecule has 2 aromatic rings. The molecule has 9 heteroatoms. The fraction of sp³-hybridized carbons (Fsp3) is 0. The number of H-pyrrole nitrogens is 1. The van der Waals surface area contributed by atoms with Crippen LogP contribution in [-0.2, 0) is 0 Å². The normalized spacial score (nSPS) is 10.0. The molecule has 0 radical (unpaired) electrons. The molecular formula is C11H9N5O4.